The van der Waals surface area contributed by atoms with Gasteiger partial charge in [0.15, 0.2) is 0 Å². The summed E-state index contributed by atoms with van der Waals surface area (Å²) in [6.07, 6.45) is 49.9. The Balaban J connectivity index is 4.55. The molecule has 0 aliphatic rings. The van der Waals surface area contributed by atoms with E-state index in [9.17, 15) is 19.8 Å². The molecular weight excluding hydrogens is 707 g/mol. The van der Waals surface area contributed by atoms with Gasteiger partial charge in [0.1, 0.15) is 6.10 Å². The molecule has 3 unspecified atom stereocenters. The number of rotatable bonds is 46. The normalized spacial score (nSPS) is 13.3. The fraction of sp³-hybridized carbons (Fsp3) is 0.922. The number of carbonyl (C=O) groups is 2. The molecular formula is C51H99NO5. The zero-order valence-corrected chi connectivity index (χ0v) is 38.5. The molecule has 6 heteroatoms. The molecule has 0 aliphatic heterocycles. The number of hydrogen-bond acceptors (Lipinski definition) is 5. The van der Waals surface area contributed by atoms with Crippen molar-refractivity contribution in [1.82, 2.24) is 5.32 Å². The molecule has 0 fully saturated rings. The molecule has 0 aromatic carbocycles. The molecule has 338 valence electrons. The van der Waals surface area contributed by atoms with Crippen molar-refractivity contribution in [2.45, 2.75) is 296 Å². The first-order chi connectivity index (χ1) is 28.0. The smallest absolute Gasteiger partial charge is 0.306 e. The summed E-state index contributed by atoms with van der Waals surface area (Å²) in [7, 11) is 0. The number of carbonyl (C=O) groups excluding carboxylic acids is 2. The second kappa shape index (κ2) is 45.7. The predicted molar refractivity (Wildman–Crippen MR) is 246 cm³/mol. The Hall–Kier alpha value is -1.40. The Morgan fingerprint density at radius 3 is 1.28 bits per heavy atom. The topological polar surface area (TPSA) is 95.9 Å². The van der Waals surface area contributed by atoms with Gasteiger partial charge in [0.25, 0.3) is 0 Å². The van der Waals surface area contributed by atoms with Crippen LogP contribution in [0.25, 0.3) is 0 Å². The maximum Gasteiger partial charge on any atom is 0.306 e. The van der Waals surface area contributed by atoms with E-state index in [4.69, 9.17) is 4.74 Å². The van der Waals surface area contributed by atoms with Crippen LogP contribution in [0.15, 0.2) is 12.2 Å². The van der Waals surface area contributed by atoms with Crippen LogP contribution in [0.2, 0.25) is 0 Å². The van der Waals surface area contributed by atoms with Crippen molar-refractivity contribution in [3.8, 4) is 0 Å². The van der Waals surface area contributed by atoms with E-state index in [2.05, 4.69) is 38.2 Å². The van der Waals surface area contributed by atoms with E-state index in [1.54, 1.807) is 0 Å². The second-order valence-electron chi connectivity index (χ2n) is 17.6. The molecule has 6 nitrogen and oxygen atoms in total. The number of esters is 1. The number of aliphatic hydroxyl groups excluding tert-OH is 2. The highest BCUT2D eigenvalue weighted by atomic mass is 16.5. The van der Waals surface area contributed by atoms with E-state index in [1.165, 1.54) is 180 Å². The summed E-state index contributed by atoms with van der Waals surface area (Å²) in [4.78, 5) is 26.1. The standard InChI is InChI=1S/C51H99NO5/c1-4-7-10-13-16-19-22-24-25-26-29-32-35-38-41-44-51(56)57-47(42-39-36-33-30-28-23-20-17-14-11-8-5-2)45-50(55)52-48(46-53)49(54)43-40-37-34-31-27-21-18-15-12-9-6-3/h30,33,47-49,53-54H,4-29,31-32,34-46H2,1-3H3,(H,52,55)/b33-30-. The molecule has 0 radical (unpaired) electrons. The van der Waals surface area contributed by atoms with Crippen LogP contribution < -0.4 is 5.32 Å². The minimum atomic E-state index is -0.787. The van der Waals surface area contributed by atoms with E-state index in [1.807, 2.05) is 0 Å². The fourth-order valence-electron chi connectivity index (χ4n) is 7.96. The van der Waals surface area contributed by atoms with Crippen LogP contribution in [0.3, 0.4) is 0 Å². The summed E-state index contributed by atoms with van der Waals surface area (Å²) in [6, 6.07) is -0.702. The van der Waals surface area contributed by atoms with Gasteiger partial charge < -0.3 is 20.3 Å². The lowest BCUT2D eigenvalue weighted by Gasteiger charge is -2.24. The van der Waals surface area contributed by atoms with Gasteiger partial charge in [-0.3, -0.25) is 9.59 Å². The summed E-state index contributed by atoms with van der Waals surface area (Å²) in [5.41, 5.74) is 0. The molecule has 0 aromatic heterocycles. The molecule has 1 amide bonds. The van der Waals surface area contributed by atoms with Crippen molar-refractivity contribution < 1.29 is 24.5 Å². The monoisotopic (exact) mass is 806 g/mol. The lowest BCUT2D eigenvalue weighted by molar-refractivity contribution is -0.151. The van der Waals surface area contributed by atoms with Gasteiger partial charge in [-0.2, -0.15) is 0 Å². The maximum absolute atomic E-state index is 13.2. The Morgan fingerprint density at radius 2 is 0.860 bits per heavy atom. The molecule has 3 atom stereocenters. The van der Waals surface area contributed by atoms with Crippen LogP contribution in [-0.2, 0) is 14.3 Å². The molecule has 0 aliphatic carbocycles. The van der Waals surface area contributed by atoms with Crippen LogP contribution in [0, 0.1) is 0 Å². The van der Waals surface area contributed by atoms with Gasteiger partial charge in [-0.15, -0.1) is 0 Å². The third-order valence-corrected chi connectivity index (χ3v) is 11.8. The van der Waals surface area contributed by atoms with Gasteiger partial charge in [-0.25, -0.2) is 0 Å². The fourth-order valence-corrected chi connectivity index (χ4v) is 7.96. The number of unbranched alkanes of at least 4 members (excludes halogenated alkanes) is 32. The molecule has 0 saturated heterocycles. The van der Waals surface area contributed by atoms with Crippen molar-refractivity contribution in [3.63, 3.8) is 0 Å². The number of nitrogens with one attached hydrogen (secondary N) is 1. The van der Waals surface area contributed by atoms with Gasteiger partial charge >= 0.3 is 5.97 Å². The molecule has 0 saturated carbocycles. The molecule has 0 heterocycles. The van der Waals surface area contributed by atoms with E-state index < -0.39 is 18.2 Å². The molecule has 0 rings (SSSR count). The van der Waals surface area contributed by atoms with Gasteiger partial charge in [-0.1, -0.05) is 232 Å². The summed E-state index contributed by atoms with van der Waals surface area (Å²) in [6.45, 7) is 6.48. The van der Waals surface area contributed by atoms with Gasteiger partial charge in [-0.05, 0) is 44.9 Å². The van der Waals surface area contributed by atoms with Gasteiger partial charge in [0, 0.05) is 6.42 Å². The summed E-state index contributed by atoms with van der Waals surface area (Å²) in [5, 5.41) is 23.7. The van der Waals surface area contributed by atoms with E-state index >= 15 is 0 Å². The van der Waals surface area contributed by atoms with Crippen molar-refractivity contribution >= 4 is 11.9 Å². The minimum Gasteiger partial charge on any atom is -0.462 e. The Morgan fingerprint density at radius 1 is 0.491 bits per heavy atom. The zero-order chi connectivity index (χ0) is 41.7. The average molecular weight is 806 g/mol. The highest BCUT2D eigenvalue weighted by Gasteiger charge is 2.24. The highest BCUT2D eigenvalue weighted by molar-refractivity contribution is 5.77. The largest absolute Gasteiger partial charge is 0.462 e. The van der Waals surface area contributed by atoms with Crippen LogP contribution in [-0.4, -0.2) is 46.9 Å². The van der Waals surface area contributed by atoms with E-state index in [0.717, 1.165) is 51.4 Å². The maximum atomic E-state index is 13.2. The first kappa shape index (κ1) is 55.6. The lowest BCUT2D eigenvalue weighted by Crippen LogP contribution is -2.46. The average Bonchev–Trinajstić information content (AvgIpc) is 3.20. The third kappa shape index (κ3) is 41.1. The molecule has 57 heavy (non-hydrogen) atoms. The third-order valence-electron chi connectivity index (χ3n) is 11.8. The first-order valence-electron chi connectivity index (χ1n) is 25.4. The van der Waals surface area contributed by atoms with Crippen LogP contribution in [0.5, 0.6) is 0 Å². The minimum absolute atomic E-state index is 0.0635. The van der Waals surface area contributed by atoms with Crippen molar-refractivity contribution in [2.24, 2.45) is 0 Å². The van der Waals surface area contributed by atoms with Gasteiger partial charge in [0.05, 0.1) is 25.2 Å². The number of allylic oxidation sites excluding steroid dienone is 2. The molecule has 0 spiro atoms. The molecule has 0 aromatic rings. The van der Waals surface area contributed by atoms with E-state index in [-0.39, 0.29) is 24.9 Å². The summed E-state index contributed by atoms with van der Waals surface area (Å²) in [5.74, 6) is -0.488. The zero-order valence-electron chi connectivity index (χ0n) is 38.5. The van der Waals surface area contributed by atoms with E-state index in [0.29, 0.717) is 19.3 Å². The summed E-state index contributed by atoms with van der Waals surface area (Å²) >= 11 is 0. The SMILES string of the molecule is CCCCCCCCC/C=C\CCCC(CC(=O)NC(CO)C(O)CCCCCCCCCCCCC)OC(=O)CCCCCCCCCCCCCCCCC. The van der Waals surface area contributed by atoms with Crippen LogP contribution in [0.4, 0.5) is 0 Å². The second-order valence-corrected chi connectivity index (χ2v) is 17.6. The Labute approximate surface area is 355 Å². The number of ether oxygens (including phenoxy) is 1. The quantitative estimate of drug-likeness (QED) is 0.0323. The van der Waals surface area contributed by atoms with Crippen LogP contribution >= 0.6 is 0 Å². The highest BCUT2D eigenvalue weighted by Crippen LogP contribution is 2.18. The predicted octanol–water partition coefficient (Wildman–Crippen LogP) is 15.0. The van der Waals surface area contributed by atoms with Crippen LogP contribution in [0.1, 0.15) is 278 Å². The van der Waals surface area contributed by atoms with Crippen molar-refractivity contribution in [1.29, 1.82) is 0 Å². The number of hydrogen-bond donors (Lipinski definition) is 3. The van der Waals surface area contributed by atoms with Crippen molar-refractivity contribution in [3.05, 3.63) is 12.2 Å². The van der Waals surface area contributed by atoms with Crippen molar-refractivity contribution in [2.75, 3.05) is 6.61 Å². The number of aliphatic hydroxyl groups is 2. The van der Waals surface area contributed by atoms with Gasteiger partial charge in [0.2, 0.25) is 5.91 Å². The Bertz CT molecular complexity index is 863. The first-order valence-corrected chi connectivity index (χ1v) is 25.4. The summed E-state index contributed by atoms with van der Waals surface area (Å²) < 4.78 is 5.91. The lowest BCUT2D eigenvalue weighted by atomic mass is 10.0. The Kier molecular flexibility index (Phi) is 44.6. The molecule has 0 bridgehead atoms. The number of amides is 1. The molecule has 3 N–H and O–H groups in total.